The minimum absolute atomic E-state index is 0.0393. The number of benzene rings is 1. The lowest BCUT2D eigenvalue weighted by molar-refractivity contribution is -0.120. The maximum absolute atomic E-state index is 11.1. The number of aliphatic hydroxyl groups is 1. The zero-order valence-electron chi connectivity index (χ0n) is 10.6. The van der Waals surface area contributed by atoms with Gasteiger partial charge in [0.25, 0.3) is 0 Å². The molecule has 0 aliphatic heterocycles. The van der Waals surface area contributed by atoms with Gasteiger partial charge < -0.3 is 15.3 Å². The highest BCUT2D eigenvalue weighted by molar-refractivity contribution is 5.76. The average Bonchev–Trinajstić information content (AvgIpc) is 2.35. The van der Waals surface area contributed by atoms with E-state index in [2.05, 4.69) is 5.32 Å². The summed E-state index contributed by atoms with van der Waals surface area (Å²) in [6.45, 7) is 2.41. The van der Waals surface area contributed by atoms with Gasteiger partial charge in [0.1, 0.15) is 0 Å². The first kappa shape index (κ1) is 13.5. The first-order valence-electron chi connectivity index (χ1n) is 5.74. The minimum Gasteiger partial charge on any atom is -0.389 e. The molecule has 2 N–H and O–H groups in total. The molecule has 0 aliphatic rings. The van der Waals surface area contributed by atoms with Crippen LogP contribution in [0.2, 0.25) is 0 Å². The number of hydrogen-bond donors (Lipinski definition) is 2. The maximum Gasteiger partial charge on any atom is 0.221 e. The molecule has 4 heteroatoms. The normalized spacial score (nSPS) is 12.0. The topological polar surface area (TPSA) is 52.6 Å². The van der Waals surface area contributed by atoms with E-state index in [0.29, 0.717) is 13.0 Å². The van der Waals surface area contributed by atoms with Crippen LogP contribution in [0.3, 0.4) is 0 Å². The Bertz CT molecular complexity index is 360. The lowest BCUT2D eigenvalue weighted by Crippen LogP contribution is -2.26. The van der Waals surface area contributed by atoms with Crippen LogP contribution in [-0.4, -0.2) is 31.7 Å². The van der Waals surface area contributed by atoms with Crippen molar-refractivity contribution >= 4 is 11.6 Å². The molecule has 1 aromatic carbocycles. The standard InChI is InChI=1S/C13H20N2O2/c1-10(16)11-4-6-12(7-5-11)15(3)9-8-13(17)14-2/h4-7,10,16H,8-9H2,1-3H3,(H,14,17)/t10-/m1/s1. The fourth-order valence-corrected chi connectivity index (χ4v) is 1.53. The molecule has 4 nitrogen and oxygen atoms in total. The Kier molecular flexibility index (Phi) is 4.97. The van der Waals surface area contributed by atoms with Gasteiger partial charge in [-0.05, 0) is 24.6 Å². The van der Waals surface area contributed by atoms with Gasteiger partial charge in [-0.2, -0.15) is 0 Å². The second kappa shape index (κ2) is 6.25. The molecule has 0 aliphatic carbocycles. The van der Waals surface area contributed by atoms with Crippen molar-refractivity contribution in [3.05, 3.63) is 29.8 Å². The lowest BCUT2D eigenvalue weighted by Gasteiger charge is -2.19. The number of amides is 1. The van der Waals surface area contributed by atoms with Crippen LogP contribution >= 0.6 is 0 Å². The number of carbonyl (C=O) groups is 1. The van der Waals surface area contributed by atoms with Crippen molar-refractivity contribution < 1.29 is 9.90 Å². The molecular formula is C13H20N2O2. The second-order valence-electron chi connectivity index (χ2n) is 4.11. The van der Waals surface area contributed by atoms with E-state index in [9.17, 15) is 9.90 Å². The highest BCUT2D eigenvalue weighted by Gasteiger charge is 2.05. The van der Waals surface area contributed by atoms with Crippen molar-refractivity contribution in [1.82, 2.24) is 5.32 Å². The Morgan fingerprint density at radius 1 is 1.41 bits per heavy atom. The third kappa shape index (κ3) is 4.07. The molecule has 0 heterocycles. The predicted octanol–water partition coefficient (Wildman–Crippen LogP) is 1.31. The van der Waals surface area contributed by atoms with Crippen LogP contribution in [-0.2, 0) is 4.79 Å². The summed E-state index contributed by atoms with van der Waals surface area (Å²) in [5, 5.41) is 12.0. The van der Waals surface area contributed by atoms with Gasteiger partial charge in [0.05, 0.1) is 6.10 Å². The Morgan fingerprint density at radius 3 is 2.47 bits per heavy atom. The van der Waals surface area contributed by atoms with E-state index >= 15 is 0 Å². The summed E-state index contributed by atoms with van der Waals surface area (Å²) < 4.78 is 0. The highest BCUT2D eigenvalue weighted by Crippen LogP contribution is 2.18. The van der Waals surface area contributed by atoms with Crippen molar-refractivity contribution in [1.29, 1.82) is 0 Å². The number of aliphatic hydroxyl groups excluding tert-OH is 1. The molecule has 1 aromatic rings. The van der Waals surface area contributed by atoms with Gasteiger partial charge in [-0.15, -0.1) is 0 Å². The molecule has 17 heavy (non-hydrogen) atoms. The molecule has 1 amide bonds. The molecule has 1 atom stereocenters. The van der Waals surface area contributed by atoms with Gasteiger partial charge in [-0.3, -0.25) is 4.79 Å². The Hall–Kier alpha value is -1.55. The minimum atomic E-state index is -0.444. The smallest absolute Gasteiger partial charge is 0.221 e. The summed E-state index contributed by atoms with van der Waals surface area (Å²) >= 11 is 0. The lowest BCUT2D eigenvalue weighted by atomic mass is 10.1. The molecule has 0 bridgehead atoms. The molecular weight excluding hydrogens is 216 g/mol. The van der Waals surface area contributed by atoms with Crippen LogP contribution < -0.4 is 10.2 Å². The fourth-order valence-electron chi connectivity index (χ4n) is 1.53. The quantitative estimate of drug-likeness (QED) is 0.810. The van der Waals surface area contributed by atoms with Gasteiger partial charge in [0.2, 0.25) is 5.91 Å². The SMILES string of the molecule is CNC(=O)CCN(C)c1ccc([C@@H](C)O)cc1. The fraction of sp³-hybridized carbons (Fsp3) is 0.462. The first-order valence-corrected chi connectivity index (χ1v) is 5.74. The first-order chi connectivity index (χ1) is 8.04. The molecule has 0 saturated carbocycles. The highest BCUT2D eigenvalue weighted by atomic mass is 16.3. The van der Waals surface area contributed by atoms with Gasteiger partial charge in [0, 0.05) is 32.7 Å². The maximum atomic E-state index is 11.1. The van der Waals surface area contributed by atoms with Crippen LogP contribution in [0.5, 0.6) is 0 Å². The van der Waals surface area contributed by atoms with Crippen molar-refractivity contribution in [2.24, 2.45) is 0 Å². The number of nitrogens with zero attached hydrogens (tertiary/aromatic N) is 1. The third-order valence-corrected chi connectivity index (χ3v) is 2.77. The number of carbonyl (C=O) groups excluding carboxylic acids is 1. The molecule has 0 saturated heterocycles. The van der Waals surface area contributed by atoms with E-state index in [0.717, 1.165) is 11.3 Å². The largest absolute Gasteiger partial charge is 0.389 e. The second-order valence-corrected chi connectivity index (χ2v) is 4.11. The molecule has 0 unspecified atom stereocenters. The summed E-state index contributed by atoms with van der Waals surface area (Å²) in [5.41, 5.74) is 1.94. The summed E-state index contributed by atoms with van der Waals surface area (Å²) in [7, 11) is 3.58. The Balaban J connectivity index is 2.57. The predicted molar refractivity (Wildman–Crippen MR) is 69.0 cm³/mol. The van der Waals surface area contributed by atoms with Gasteiger partial charge in [0.15, 0.2) is 0 Å². The van der Waals surface area contributed by atoms with Crippen LogP contribution in [0.25, 0.3) is 0 Å². The number of hydrogen-bond acceptors (Lipinski definition) is 3. The molecule has 94 valence electrons. The Morgan fingerprint density at radius 2 is 2.00 bits per heavy atom. The summed E-state index contributed by atoms with van der Waals surface area (Å²) in [6, 6.07) is 7.70. The van der Waals surface area contributed by atoms with E-state index in [4.69, 9.17) is 0 Å². The number of nitrogens with one attached hydrogen (secondary N) is 1. The number of anilines is 1. The van der Waals surface area contributed by atoms with E-state index in [-0.39, 0.29) is 5.91 Å². The van der Waals surface area contributed by atoms with Crippen LogP contribution in [0.1, 0.15) is 25.0 Å². The molecule has 1 rings (SSSR count). The van der Waals surface area contributed by atoms with E-state index in [1.54, 1.807) is 14.0 Å². The molecule has 0 aromatic heterocycles. The van der Waals surface area contributed by atoms with Crippen molar-refractivity contribution in [3.8, 4) is 0 Å². The zero-order valence-corrected chi connectivity index (χ0v) is 10.6. The summed E-state index contributed by atoms with van der Waals surface area (Å²) in [6.07, 6.45) is 0.0331. The van der Waals surface area contributed by atoms with Gasteiger partial charge in [-0.25, -0.2) is 0 Å². The summed E-state index contributed by atoms with van der Waals surface area (Å²) in [5.74, 6) is 0.0393. The van der Waals surface area contributed by atoms with Gasteiger partial charge in [-0.1, -0.05) is 12.1 Å². The zero-order chi connectivity index (χ0) is 12.8. The number of rotatable bonds is 5. The third-order valence-electron chi connectivity index (χ3n) is 2.77. The van der Waals surface area contributed by atoms with Crippen molar-refractivity contribution in [2.75, 3.05) is 25.5 Å². The summed E-state index contributed by atoms with van der Waals surface area (Å²) in [4.78, 5) is 13.1. The monoisotopic (exact) mass is 236 g/mol. The van der Waals surface area contributed by atoms with Crippen molar-refractivity contribution in [2.45, 2.75) is 19.4 Å². The Labute approximate surface area is 102 Å². The van der Waals surface area contributed by atoms with Crippen molar-refractivity contribution in [3.63, 3.8) is 0 Å². The van der Waals surface area contributed by atoms with E-state index < -0.39 is 6.10 Å². The van der Waals surface area contributed by atoms with Crippen LogP contribution in [0.15, 0.2) is 24.3 Å². The molecule has 0 spiro atoms. The van der Waals surface area contributed by atoms with Crippen LogP contribution in [0, 0.1) is 0 Å². The van der Waals surface area contributed by atoms with Crippen LogP contribution in [0.4, 0.5) is 5.69 Å². The molecule has 0 radical (unpaired) electrons. The molecule has 0 fully saturated rings. The van der Waals surface area contributed by atoms with E-state index in [1.807, 2.05) is 36.2 Å². The average molecular weight is 236 g/mol. The van der Waals surface area contributed by atoms with E-state index in [1.165, 1.54) is 0 Å². The van der Waals surface area contributed by atoms with Gasteiger partial charge >= 0.3 is 0 Å².